The van der Waals surface area contributed by atoms with Gasteiger partial charge in [-0.05, 0) is 24.6 Å². The number of rotatable bonds is 4. The van der Waals surface area contributed by atoms with Gasteiger partial charge in [-0.2, -0.15) is 5.26 Å². The Bertz CT molecular complexity index is 1160. The molecule has 0 amide bonds. The minimum absolute atomic E-state index is 0.0332. The van der Waals surface area contributed by atoms with E-state index < -0.39 is 29.0 Å². The summed E-state index contributed by atoms with van der Waals surface area (Å²) in [7, 11) is 0. The second-order valence-electron chi connectivity index (χ2n) is 5.65. The van der Waals surface area contributed by atoms with E-state index in [4.69, 9.17) is 27.9 Å². The second-order valence-corrected chi connectivity index (χ2v) is 6.39. The molecule has 0 unspecified atom stereocenters. The number of carbonyl (C=O) groups excluding carboxylic acids is 1. The molecule has 0 atom stereocenters. The van der Waals surface area contributed by atoms with Gasteiger partial charge in [-0.25, -0.2) is 18.6 Å². The molecule has 28 heavy (non-hydrogen) atoms. The number of aromatic nitrogens is 2. The smallest absolute Gasteiger partial charge is 0.360 e. The Hall–Kier alpha value is -2.89. The number of esters is 1. The van der Waals surface area contributed by atoms with Gasteiger partial charge in [0.25, 0.3) is 0 Å². The summed E-state index contributed by atoms with van der Waals surface area (Å²) in [5.74, 6) is -3.59. The average molecular weight is 426 g/mol. The molecule has 0 saturated carbocycles. The molecule has 2 heterocycles. The molecule has 2 aromatic heterocycles. The molecule has 1 N–H and O–H groups in total. The molecule has 144 valence electrons. The Balaban J connectivity index is 2.26. The van der Waals surface area contributed by atoms with Gasteiger partial charge >= 0.3 is 5.97 Å². The normalized spacial score (nSPS) is 10.9. The number of benzene rings is 1. The van der Waals surface area contributed by atoms with Crippen molar-refractivity contribution in [3.05, 3.63) is 57.0 Å². The van der Waals surface area contributed by atoms with Gasteiger partial charge in [0, 0.05) is 6.54 Å². The Labute approximate surface area is 167 Å². The zero-order valence-electron chi connectivity index (χ0n) is 14.3. The molecule has 0 radical (unpaired) electrons. The molecule has 6 nitrogen and oxygen atoms in total. The summed E-state index contributed by atoms with van der Waals surface area (Å²) in [4.78, 5) is 15.9. The SMILES string of the molecule is CCOC(=O)c1nc(C#N)c2c(c1O)c(Cl)c(Cl)n2Cc1ccc(F)c(F)c1. The van der Waals surface area contributed by atoms with Crippen molar-refractivity contribution in [2.24, 2.45) is 0 Å². The van der Waals surface area contributed by atoms with Crippen molar-refractivity contribution in [2.75, 3.05) is 6.61 Å². The van der Waals surface area contributed by atoms with E-state index in [0.717, 1.165) is 12.1 Å². The lowest BCUT2D eigenvalue weighted by Gasteiger charge is -2.10. The first-order valence-electron chi connectivity index (χ1n) is 7.91. The monoisotopic (exact) mass is 425 g/mol. The van der Waals surface area contributed by atoms with Gasteiger partial charge in [-0.3, -0.25) is 0 Å². The Morgan fingerprint density at radius 1 is 1.36 bits per heavy atom. The van der Waals surface area contributed by atoms with Crippen molar-refractivity contribution in [2.45, 2.75) is 13.5 Å². The standard InChI is InChI=1S/C18H11Cl2F2N3O3/c1-2-28-18(27)14-16(26)12-13(19)17(20)25(15(12)11(6-23)24-14)7-8-3-4-9(21)10(22)5-8/h3-5,26H,2,7H2,1H3. The first-order chi connectivity index (χ1) is 13.3. The summed E-state index contributed by atoms with van der Waals surface area (Å²) in [6, 6.07) is 5.07. The summed E-state index contributed by atoms with van der Waals surface area (Å²) < 4.78 is 32.8. The molecule has 10 heteroatoms. The summed E-state index contributed by atoms with van der Waals surface area (Å²) in [6.07, 6.45) is 0. The molecule has 0 spiro atoms. The maximum absolute atomic E-state index is 13.5. The molecule has 3 rings (SSSR count). The lowest BCUT2D eigenvalue weighted by atomic mass is 10.1. The van der Waals surface area contributed by atoms with Gasteiger partial charge in [-0.15, -0.1) is 0 Å². The number of hydrogen-bond donors (Lipinski definition) is 1. The molecular weight excluding hydrogens is 415 g/mol. The van der Waals surface area contributed by atoms with E-state index in [9.17, 15) is 23.9 Å². The van der Waals surface area contributed by atoms with E-state index in [-0.39, 0.29) is 39.9 Å². The largest absolute Gasteiger partial charge is 0.505 e. The van der Waals surface area contributed by atoms with Crippen molar-refractivity contribution in [3.63, 3.8) is 0 Å². The fourth-order valence-corrected chi connectivity index (χ4v) is 3.27. The molecule has 0 aliphatic rings. The van der Waals surface area contributed by atoms with Crippen molar-refractivity contribution >= 4 is 40.1 Å². The fraction of sp³-hybridized carbons (Fsp3) is 0.167. The van der Waals surface area contributed by atoms with E-state index >= 15 is 0 Å². The number of nitriles is 1. The van der Waals surface area contributed by atoms with Crippen LogP contribution in [0.2, 0.25) is 10.2 Å². The summed E-state index contributed by atoms with van der Waals surface area (Å²) >= 11 is 12.5. The quantitative estimate of drug-likeness (QED) is 0.624. The zero-order valence-corrected chi connectivity index (χ0v) is 15.8. The highest BCUT2D eigenvalue weighted by Crippen LogP contribution is 2.42. The highest BCUT2D eigenvalue weighted by Gasteiger charge is 2.27. The van der Waals surface area contributed by atoms with Crippen LogP contribution in [0.25, 0.3) is 10.9 Å². The van der Waals surface area contributed by atoms with Crippen LogP contribution in [0.5, 0.6) is 5.75 Å². The zero-order chi connectivity index (χ0) is 20.6. The maximum Gasteiger partial charge on any atom is 0.360 e. The Kier molecular flexibility index (Phi) is 5.40. The van der Waals surface area contributed by atoms with Crippen LogP contribution < -0.4 is 0 Å². The van der Waals surface area contributed by atoms with Gasteiger partial charge in [0.15, 0.2) is 28.8 Å². The minimum atomic E-state index is -1.05. The van der Waals surface area contributed by atoms with Gasteiger partial charge in [0.05, 0.1) is 22.5 Å². The number of aromatic hydroxyl groups is 1. The predicted octanol–water partition coefficient (Wildman–Crippen LogP) is 4.42. The van der Waals surface area contributed by atoms with Crippen LogP contribution >= 0.6 is 23.2 Å². The van der Waals surface area contributed by atoms with Gasteiger partial charge < -0.3 is 14.4 Å². The van der Waals surface area contributed by atoms with Crippen LogP contribution in [0.1, 0.15) is 28.7 Å². The van der Waals surface area contributed by atoms with E-state index in [2.05, 4.69) is 4.98 Å². The van der Waals surface area contributed by atoms with E-state index in [1.807, 2.05) is 6.07 Å². The highest BCUT2D eigenvalue weighted by atomic mass is 35.5. The molecule has 0 saturated heterocycles. The first-order valence-corrected chi connectivity index (χ1v) is 8.67. The van der Waals surface area contributed by atoms with Crippen molar-refractivity contribution in [3.8, 4) is 11.8 Å². The van der Waals surface area contributed by atoms with Crippen LogP contribution in [-0.4, -0.2) is 27.2 Å². The average Bonchev–Trinajstić information content (AvgIpc) is 2.91. The molecule has 3 aromatic rings. The molecule has 0 aliphatic heterocycles. The predicted molar refractivity (Wildman–Crippen MR) is 97.5 cm³/mol. The molecule has 0 aliphatic carbocycles. The Morgan fingerprint density at radius 3 is 2.68 bits per heavy atom. The lowest BCUT2D eigenvalue weighted by Crippen LogP contribution is -2.10. The van der Waals surface area contributed by atoms with Crippen molar-refractivity contribution < 1.29 is 23.4 Å². The molecule has 0 fully saturated rings. The Morgan fingerprint density at radius 2 is 2.07 bits per heavy atom. The van der Waals surface area contributed by atoms with Gasteiger partial charge in [0.1, 0.15) is 11.2 Å². The number of hydrogen-bond acceptors (Lipinski definition) is 5. The second kappa shape index (κ2) is 7.62. The van der Waals surface area contributed by atoms with Crippen LogP contribution in [0.3, 0.4) is 0 Å². The number of halogens is 4. The molecule has 0 bridgehead atoms. The summed E-state index contributed by atoms with van der Waals surface area (Å²) in [5.41, 5.74) is -0.346. The molecular formula is C18H11Cl2F2N3O3. The number of fused-ring (bicyclic) bond motifs is 1. The van der Waals surface area contributed by atoms with E-state index in [1.165, 1.54) is 10.6 Å². The highest BCUT2D eigenvalue weighted by molar-refractivity contribution is 6.46. The number of ether oxygens (including phenoxy) is 1. The lowest BCUT2D eigenvalue weighted by molar-refractivity contribution is 0.0516. The summed E-state index contributed by atoms with van der Waals surface area (Å²) in [5, 5.41) is 19.7. The van der Waals surface area contributed by atoms with Crippen molar-refractivity contribution in [1.29, 1.82) is 5.26 Å². The third kappa shape index (κ3) is 3.23. The first kappa shape index (κ1) is 19.9. The minimum Gasteiger partial charge on any atom is -0.505 e. The van der Waals surface area contributed by atoms with E-state index in [0.29, 0.717) is 5.56 Å². The van der Waals surface area contributed by atoms with Gasteiger partial charge in [0.2, 0.25) is 0 Å². The molecule has 1 aromatic carbocycles. The van der Waals surface area contributed by atoms with Crippen LogP contribution in [-0.2, 0) is 11.3 Å². The summed E-state index contributed by atoms with van der Waals surface area (Å²) in [6.45, 7) is 1.51. The third-order valence-corrected chi connectivity index (χ3v) is 4.81. The maximum atomic E-state index is 13.5. The van der Waals surface area contributed by atoms with Crippen LogP contribution in [0.15, 0.2) is 18.2 Å². The van der Waals surface area contributed by atoms with Crippen LogP contribution in [0, 0.1) is 23.0 Å². The topological polar surface area (TPSA) is 88.1 Å². The fourth-order valence-electron chi connectivity index (χ4n) is 2.75. The van der Waals surface area contributed by atoms with Gasteiger partial charge in [-0.1, -0.05) is 29.3 Å². The number of carbonyl (C=O) groups is 1. The number of pyridine rings is 1. The van der Waals surface area contributed by atoms with E-state index in [1.54, 1.807) is 6.92 Å². The van der Waals surface area contributed by atoms with Crippen LogP contribution in [0.4, 0.5) is 8.78 Å². The third-order valence-electron chi connectivity index (χ3n) is 3.95. The number of nitrogens with zero attached hydrogens (tertiary/aromatic N) is 3. The van der Waals surface area contributed by atoms with Crippen molar-refractivity contribution in [1.82, 2.24) is 9.55 Å².